The standard InChI is InChI=1S/C19H21NO4/c1-12-8-13(2)10-15(9-12)18(19(22)23)20-17(21)11-14-6-4-5-7-16(14)24-3/h4-10,18H,11H2,1-3H3,(H,20,21)(H,22,23). The van der Waals surface area contributed by atoms with Gasteiger partial charge in [-0.25, -0.2) is 4.79 Å². The summed E-state index contributed by atoms with van der Waals surface area (Å²) < 4.78 is 5.22. The van der Waals surface area contributed by atoms with E-state index in [9.17, 15) is 14.7 Å². The van der Waals surface area contributed by atoms with E-state index < -0.39 is 12.0 Å². The van der Waals surface area contributed by atoms with Gasteiger partial charge in [0.05, 0.1) is 13.5 Å². The molecule has 126 valence electrons. The highest BCUT2D eigenvalue weighted by atomic mass is 16.5. The summed E-state index contributed by atoms with van der Waals surface area (Å²) >= 11 is 0. The molecule has 2 aromatic carbocycles. The van der Waals surface area contributed by atoms with Gasteiger partial charge in [-0.15, -0.1) is 0 Å². The summed E-state index contributed by atoms with van der Waals surface area (Å²) in [5.74, 6) is -0.856. The molecule has 5 nitrogen and oxygen atoms in total. The normalized spacial score (nSPS) is 11.6. The van der Waals surface area contributed by atoms with Crippen LogP contribution in [0.25, 0.3) is 0 Å². The van der Waals surface area contributed by atoms with Crippen molar-refractivity contribution in [2.24, 2.45) is 0 Å². The first kappa shape index (κ1) is 17.5. The van der Waals surface area contributed by atoms with Crippen molar-refractivity contribution in [3.63, 3.8) is 0 Å². The molecular formula is C19H21NO4. The molecule has 0 aromatic heterocycles. The van der Waals surface area contributed by atoms with Crippen LogP contribution in [-0.2, 0) is 16.0 Å². The molecule has 2 N–H and O–H groups in total. The fourth-order valence-electron chi connectivity index (χ4n) is 2.70. The molecule has 0 saturated carbocycles. The molecule has 0 spiro atoms. The predicted octanol–water partition coefficient (Wildman–Crippen LogP) is 2.80. The van der Waals surface area contributed by atoms with Gasteiger partial charge in [0.1, 0.15) is 5.75 Å². The van der Waals surface area contributed by atoms with Gasteiger partial charge < -0.3 is 15.2 Å². The van der Waals surface area contributed by atoms with Gasteiger partial charge in [-0.05, 0) is 25.5 Å². The second-order valence-corrected chi connectivity index (χ2v) is 5.75. The number of benzene rings is 2. The van der Waals surface area contributed by atoms with Crippen LogP contribution < -0.4 is 10.1 Å². The largest absolute Gasteiger partial charge is 0.496 e. The van der Waals surface area contributed by atoms with Crippen LogP contribution in [0, 0.1) is 13.8 Å². The van der Waals surface area contributed by atoms with Crippen LogP contribution in [0.15, 0.2) is 42.5 Å². The SMILES string of the molecule is COc1ccccc1CC(=O)NC(C(=O)O)c1cc(C)cc(C)c1. The number of ether oxygens (including phenoxy) is 1. The van der Waals surface area contributed by atoms with E-state index in [0.29, 0.717) is 16.9 Å². The Kier molecular flexibility index (Phi) is 5.58. The third-order valence-corrected chi connectivity index (χ3v) is 3.67. The Balaban J connectivity index is 2.18. The molecule has 0 saturated heterocycles. The van der Waals surface area contributed by atoms with Crippen LogP contribution in [0.1, 0.15) is 28.3 Å². The lowest BCUT2D eigenvalue weighted by Gasteiger charge is -2.17. The number of methoxy groups -OCH3 is 1. The number of aliphatic carboxylic acids is 1. The molecule has 0 heterocycles. The van der Waals surface area contributed by atoms with Gasteiger partial charge in [0.25, 0.3) is 0 Å². The van der Waals surface area contributed by atoms with E-state index in [4.69, 9.17) is 4.74 Å². The third kappa shape index (κ3) is 4.35. The lowest BCUT2D eigenvalue weighted by Crippen LogP contribution is -2.34. The van der Waals surface area contributed by atoms with Crippen molar-refractivity contribution < 1.29 is 19.4 Å². The molecule has 0 bridgehead atoms. The van der Waals surface area contributed by atoms with E-state index in [-0.39, 0.29) is 12.3 Å². The molecule has 1 unspecified atom stereocenters. The highest BCUT2D eigenvalue weighted by Crippen LogP contribution is 2.20. The van der Waals surface area contributed by atoms with Crippen molar-refractivity contribution >= 4 is 11.9 Å². The quantitative estimate of drug-likeness (QED) is 0.855. The summed E-state index contributed by atoms with van der Waals surface area (Å²) in [6.07, 6.45) is 0.0542. The zero-order chi connectivity index (χ0) is 17.7. The van der Waals surface area contributed by atoms with E-state index >= 15 is 0 Å². The number of hydrogen-bond donors (Lipinski definition) is 2. The lowest BCUT2D eigenvalue weighted by molar-refractivity contribution is -0.141. The van der Waals surface area contributed by atoms with Gasteiger partial charge in [-0.2, -0.15) is 0 Å². The average Bonchev–Trinajstić information content (AvgIpc) is 2.52. The van der Waals surface area contributed by atoms with Crippen LogP contribution >= 0.6 is 0 Å². The smallest absolute Gasteiger partial charge is 0.330 e. The second kappa shape index (κ2) is 7.64. The zero-order valence-electron chi connectivity index (χ0n) is 14.0. The Labute approximate surface area is 141 Å². The summed E-state index contributed by atoms with van der Waals surface area (Å²) in [5, 5.41) is 12.1. The first-order valence-electron chi connectivity index (χ1n) is 7.63. The highest BCUT2D eigenvalue weighted by Gasteiger charge is 2.23. The van der Waals surface area contributed by atoms with Gasteiger partial charge in [-0.1, -0.05) is 47.5 Å². The van der Waals surface area contributed by atoms with Crippen molar-refractivity contribution in [2.45, 2.75) is 26.3 Å². The number of rotatable bonds is 6. The van der Waals surface area contributed by atoms with Crippen LogP contribution in [-0.4, -0.2) is 24.1 Å². The minimum atomic E-state index is -1.09. The Morgan fingerprint density at radius 1 is 1.12 bits per heavy atom. The maximum absolute atomic E-state index is 12.3. The average molecular weight is 327 g/mol. The number of carboxylic acids is 1. The summed E-state index contributed by atoms with van der Waals surface area (Å²) in [6.45, 7) is 3.79. The predicted molar refractivity (Wildman–Crippen MR) is 91.1 cm³/mol. The molecule has 1 atom stereocenters. The Morgan fingerprint density at radius 2 is 1.75 bits per heavy atom. The van der Waals surface area contributed by atoms with E-state index in [1.165, 1.54) is 7.11 Å². The molecule has 0 fully saturated rings. The fourth-order valence-corrected chi connectivity index (χ4v) is 2.70. The number of hydrogen-bond acceptors (Lipinski definition) is 3. The summed E-state index contributed by atoms with van der Waals surface area (Å²) in [5.41, 5.74) is 3.18. The number of carbonyl (C=O) groups excluding carboxylic acids is 1. The van der Waals surface area contributed by atoms with Gasteiger partial charge in [0.2, 0.25) is 5.91 Å². The van der Waals surface area contributed by atoms with Crippen molar-refractivity contribution in [2.75, 3.05) is 7.11 Å². The minimum absolute atomic E-state index is 0.0542. The van der Waals surface area contributed by atoms with Gasteiger partial charge in [-0.3, -0.25) is 4.79 Å². The van der Waals surface area contributed by atoms with E-state index in [1.807, 2.05) is 32.0 Å². The molecule has 24 heavy (non-hydrogen) atoms. The van der Waals surface area contributed by atoms with E-state index in [0.717, 1.165) is 11.1 Å². The molecule has 2 aromatic rings. The number of carboxylic acid groups (broad SMARTS) is 1. The number of aryl methyl sites for hydroxylation is 2. The first-order chi connectivity index (χ1) is 11.4. The van der Waals surface area contributed by atoms with Crippen LogP contribution in [0.4, 0.5) is 0 Å². The van der Waals surface area contributed by atoms with Crippen LogP contribution in [0.3, 0.4) is 0 Å². The minimum Gasteiger partial charge on any atom is -0.496 e. The second-order valence-electron chi connectivity index (χ2n) is 5.75. The molecule has 0 aliphatic heterocycles. The molecule has 5 heteroatoms. The Morgan fingerprint density at radius 3 is 2.33 bits per heavy atom. The molecule has 1 amide bonds. The van der Waals surface area contributed by atoms with Crippen LogP contribution in [0.5, 0.6) is 5.75 Å². The van der Waals surface area contributed by atoms with Crippen molar-refractivity contribution in [3.05, 3.63) is 64.7 Å². The van der Waals surface area contributed by atoms with Crippen LogP contribution in [0.2, 0.25) is 0 Å². The van der Waals surface area contributed by atoms with Crippen molar-refractivity contribution in [3.8, 4) is 5.75 Å². The molecule has 2 rings (SSSR count). The number of para-hydroxylation sites is 1. The van der Waals surface area contributed by atoms with E-state index in [2.05, 4.69) is 5.32 Å². The highest BCUT2D eigenvalue weighted by molar-refractivity contribution is 5.86. The lowest BCUT2D eigenvalue weighted by atomic mass is 10.0. The molecular weight excluding hydrogens is 306 g/mol. The maximum atomic E-state index is 12.3. The Bertz CT molecular complexity index is 735. The molecule has 0 radical (unpaired) electrons. The number of carbonyl (C=O) groups is 2. The summed E-state index contributed by atoms with van der Waals surface area (Å²) in [4.78, 5) is 23.9. The summed E-state index contributed by atoms with van der Waals surface area (Å²) in [7, 11) is 1.53. The van der Waals surface area contributed by atoms with Crippen molar-refractivity contribution in [1.29, 1.82) is 0 Å². The monoisotopic (exact) mass is 327 g/mol. The van der Waals surface area contributed by atoms with Gasteiger partial charge >= 0.3 is 5.97 Å². The third-order valence-electron chi connectivity index (χ3n) is 3.67. The topological polar surface area (TPSA) is 75.6 Å². The van der Waals surface area contributed by atoms with Gasteiger partial charge in [0.15, 0.2) is 6.04 Å². The first-order valence-corrected chi connectivity index (χ1v) is 7.63. The number of amides is 1. The molecule has 0 aliphatic carbocycles. The maximum Gasteiger partial charge on any atom is 0.330 e. The van der Waals surface area contributed by atoms with Crippen molar-refractivity contribution in [1.82, 2.24) is 5.32 Å². The summed E-state index contributed by atoms with van der Waals surface area (Å²) in [6, 6.07) is 11.6. The van der Waals surface area contributed by atoms with E-state index in [1.54, 1.807) is 24.3 Å². The fraction of sp³-hybridized carbons (Fsp3) is 0.263. The Hall–Kier alpha value is -2.82. The molecule has 0 aliphatic rings. The number of nitrogens with one attached hydrogen (secondary N) is 1. The zero-order valence-corrected chi connectivity index (χ0v) is 14.0. The van der Waals surface area contributed by atoms with Gasteiger partial charge in [0, 0.05) is 5.56 Å².